The molecule has 3 atom stereocenters. The van der Waals surface area contributed by atoms with E-state index in [2.05, 4.69) is 65.1 Å². The van der Waals surface area contributed by atoms with Crippen molar-refractivity contribution in [3.63, 3.8) is 0 Å². The van der Waals surface area contributed by atoms with Crippen molar-refractivity contribution in [3.05, 3.63) is 124 Å². The number of hydrogen-bond acceptors (Lipinski definition) is 5. The molecular formula is C38H46N2O4SSeSi. The van der Waals surface area contributed by atoms with Gasteiger partial charge in [-0.2, -0.15) is 0 Å². The van der Waals surface area contributed by atoms with E-state index in [-0.39, 0.29) is 22.1 Å². The summed E-state index contributed by atoms with van der Waals surface area (Å²) in [5, 5.41) is 0.0559. The molecule has 6 nitrogen and oxygen atoms in total. The van der Waals surface area contributed by atoms with Crippen molar-refractivity contribution in [2.45, 2.75) is 83.6 Å². The fourth-order valence-corrected chi connectivity index (χ4v) is 13.3. The molecule has 0 spiro atoms. The van der Waals surface area contributed by atoms with Crippen molar-refractivity contribution in [2.75, 3.05) is 6.61 Å². The second-order valence-corrected chi connectivity index (χ2v) is 24.2. The molecule has 1 aliphatic heterocycles. The molecule has 0 radical (unpaired) electrons. The molecule has 0 aromatic heterocycles. The summed E-state index contributed by atoms with van der Waals surface area (Å²) in [7, 11) is -6.03. The summed E-state index contributed by atoms with van der Waals surface area (Å²) >= 11 is -2.58. The molecule has 0 saturated carbocycles. The summed E-state index contributed by atoms with van der Waals surface area (Å²) in [6, 6.07) is 28.9. The average Bonchev–Trinajstić information content (AvgIpc) is 3.43. The minimum atomic E-state index is -3.98. The van der Waals surface area contributed by atoms with Crippen molar-refractivity contribution in [2.24, 2.45) is 8.36 Å². The Morgan fingerprint density at radius 3 is 2.06 bits per heavy atom. The number of ether oxygens (including phenoxy) is 1. The Labute approximate surface area is 286 Å². The molecule has 0 aliphatic carbocycles. The van der Waals surface area contributed by atoms with Crippen LogP contribution >= 0.6 is 0 Å². The number of nitrogens with zero attached hydrogens (tertiary/aromatic N) is 2. The van der Waals surface area contributed by atoms with Crippen molar-refractivity contribution < 1.29 is 17.6 Å². The molecule has 9 heteroatoms. The molecule has 0 fully saturated rings. The molecule has 248 valence electrons. The van der Waals surface area contributed by atoms with Crippen LogP contribution in [0.25, 0.3) is 0 Å². The first kappa shape index (κ1) is 35.1. The fraction of sp³-hybridized carbons (Fsp3) is 0.342. The van der Waals surface area contributed by atoms with E-state index in [0.717, 1.165) is 42.3 Å². The van der Waals surface area contributed by atoms with Crippen LogP contribution in [0.15, 0.2) is 104 Å². The fourth-order valence-electron chi connectivity index (χ4n) is 5.47. The van der Waals surface area contributed by atoms with E-state index >= 15 is 0 Å². The molecule has 0 N–H and O–H groups in total. The van der Waals surface area contributed by atoms with E-state index in [1.165, 1.54) is 0 Å². The van der Waals surface area contributed by atoms with E-state index in [1.54, 1.807) is 12.1 Å². The quantitative estimate of drug-likeness (QED) is 0.166. The number of aryl methyl sites for hydroxylation is 4. The van der Waals surface area contributed by atoms with E-state index in [9.17, 15) is 8.42 Å². The summed E-state index contributed by atoms with van der Waals surface area (Å²) < 4.78 is 48.0. The molecule has 4 aromatic carbocycles. The van der Waals surface area contributed by atoms with Crippen molar-refractivity contribution in [1.29, 1.82) is 0 Å². The second-order valence-electron chi connectivity index (χ2n) is 13.9. The van der Waals surface area contributed by atoms with Crippen LogP contribution in [0.2, 0.25) is 18.1 Å². The predicted octanol–water partition coefficient (Wildman–Crippen LogP) is 7.59. The van der Waals surface area contributed by atoms with Gasteiger partial charge in [0.15, 0.2) is 0 Å². The van der Waals surface area contributed by atoms with Crippen LogP contribution in [0.3, 0.4) is 0 Å². The Balaban J connectivity index is 1.66. The SMILES string of the molecule is Cc1ccc(S(=O)(=O)/N=[Se](/c2ccccc2C2=N[C@@H](CO[Si](C)(C)C(C)(C)C)[C@H](c3ccccc3)O2)c2c(C)cc(C)cc2C)cc1. The molecule has 1 aliphatic rings. The molecule has 47 heavy (non-hydrogen) atoms. The van der Waals surface area contributed by atoms with Gasteiger partial charge in [-0.05, 0) is 0 Å². The van der Waals surface area contributed by atoms with Crippen LogP contribution in [0.4, 0.5) is 0 Å². The molecule has 1 heterocycles. The molecular weight excluding hydrogens is 688 g/mol. The number of sulfonamides is 1. The Morgan fingerprint density at radius 1 is 0.851 bits per heavy atom. The Kier molecular flexibility index (Phi) is 10.3. The first-order valence-electron chi connectivity index (χ1n) is 16.0. The van der Waals surface area contributed by atoms with E-state index in [4.69, 9.17) is 17.5 Å². The summed E-state index contributed by atoms with van der Waals surface area (Å²) in [6.45, 7) is 19.7. The summed E-state index contributed by atoms with van der Waals surface area (Å²) in [4.78, 5) is 5.37. The predicted molar refractivity (Wildman–Crippen MR) is 197 cm³/mol. The van der Waals surface area contributed by atoms with Gasteiger partial charge in [-0.1, -0.05) is 0 Å². The maximum atomic E-state index is 14.0. The Bertz CT molecular complexity index is 1910. The van der Waals surface area contributed by atoms with Gasteiger partial charge in [0.1, 0.15) is 0 Å². The average molecular weight is 734 g/mol. The first-order chi connectivity index (χ1) is 22.1. The number of aliphatic imine (C=N–C) groups is 1. The number of hydrogen-bond donors (Lipinski definition) is 0. The van der Waals surface area contributed by atoms with Gasteiger partial charge in [0.05, 0.1) is 0 Å². The molecule has 5 rings (SSSR count). The van der Waals surface area contributed by atoms with Gasteiger partial charge in [-0.15, -0.1) is 0 Å². The van der Waals surface area contributed by atoms with Gasteiger partial charge < -0.3 is 0 Å². The van der Waals surface area contributed by atoms with Crippen molar-refractivity contribution in [1.82, 2.24) is 0 Å². The monoisotopic (exact) mass is 734 g/mol. The topological polar surface area (TPSA) is 77.3 Å². The zero-order valence-corrected chi connectivity index (χ0v) is 32.4. The van der Waals surface area contributed by atoms with Gasteiger partial charge in [0.2, 0.25) is 0 Å². The van der Waals surface area contributed by atoms with Gasteiger partial charge in [-0.3, -0.25) is 0 Å². The number of benzene rings is 4. The molecule has 1 unspecified atom stereocenters. The standard InChI is InChI=1S/C38H46N2O4SSeSi/c1-26-19-21-31(22-20-26)45(41,42)40-46(36-28(3)23-27(2)24-29(36)4)34-18-14-13-17-32(34)37-39-33(25-43-47(8,9)38(5,6)7)35(44-37)30-15-11-10-12-16-30/h10-24,33,35H,25H2,1-9H3/t33-,35-,46?/m0/s1. The summed E-state index contributed by atoms with van der Waals surface area (Å²) in [5.41, 5.74) is 5.98. The third kappa shape index (κ3) is 7.76. The summed E-state index contributed by atoms with van der Waals surface area (Å²) in [5.74, 6) is 0.498. The van der Waals surface area contributed by atoms with Crippen molar-refractivity contribution >= 4 is 46.9 Å². The van der Waals surface area contributed by atoms with Gasteiger partial charge in [0.25, 0.3) is 0 Å². The van der Waals surface area contributed by atoms with Gasteiger partial charge in [0, 0.05) is 0 Å². The van der Waals surface area contributed by atoms with Gasteiger partial charge in [-0.25, -0.2) is 0 Å². The Morgan fingerprint density at radius 2 is 1.45 bits per heavy atom. The van der Waals surface area contributed by atoms with E-state index in [1.807, 2.05) is 75.4 Å². The zero-order valence-electron chi connectivity index (χ0n) is 28.9. The van der Waals surface area contributed by atoms with Crippen LogP contribution < -0.4 is 8.92 Å². The minimum absolute atomic E-state index is 0.0559. The molecule has 0 bridgehead atoms. The van der Waals surface area contributed by atoms with Crippen LogP contribution in [-0.2, 0) is 19.2 Å². The first-order valence-corrected chi connectivity index (χ1v) is 22.8. The molecule has 0 amide bonds. The molecule has 4 aromatic rings. The van der Waals surface area contributed by atoms with Crippen molar-refractivity contribution in [3.8, 4) is 0 Å². The van der Waals surface area contributed by atoms with Crippen LogP contribution in [0.1, 0.15) is 60.3 Å². The van der Waals surface area contributed by atoms with E-state index < -0.39 is 32.0 Å². The van der Waals surface area contributed by atoms with Crippen LogP contribution in [0.5, 0.6) is 0 Å². The van der Waals surface area contributed by atoms with Crippen LogP contribution in [0, 0.1) is 27.7 Å². The second kappa shape index (κ2) is 13.7. The maximum absolute atomic E-state index is 14.0. The van der Waals surface area contributed by atoms with E-state index in [0.29, 0.717) is 12.5 Å². The van der Waals surface area contributed by atoms with Crippen LogP contribution in [-0.4, -0.2) is 49.0 Å². The third-order valence-electron chi connectivity index (χ3n) is 9.04. The third-order valence-corrected chi connectivity index (χ3v) is 20.7. The number of rotatable bonds is 9. The zero-order chi connectivity index (χ0) is 34.1. The Hall–Kier alpha value is -3.20. The van der Waals surface area contributed by atoms with Gasteiger partial charge >= 0.3 is 287 Å². The molecule has 0 saturated heterocycles. The summed E-state index contributed by atoms with van der Waals surface area (Å²) in [6.07, 6.45) is -0.335. The normalized spacial score (nSPS) is 17.8.